The average molecular weight is 433 g/mol. The monoisotopic (exact) mass is 432 g/mol. The lowest BCUT2D eigenvalue weighted by Crippen LogP contribution is -2.52. The van der Waals surface area contributed by atoms with Crippen LogP contribution in [0.4, 0.5) is 0 Å². The smallest absolute Gasteiger partial charge is 0.231 e. The van der Waals surface area contributed by atoms with Crippen molar-refractivity contribution in [3.05, 3.63) is 47.9 Å². The van der Waals surface area contributed by atoms with Crippen molar-refractivity contribution in [3.8, 4) is 34.1 Å². The van der Waals surface area contributed by atoms with Crippen LogP contribution in [0.1, 0.15) is 50.0 Å². The predicted octanol–water partition coefficient (Wildman–Crippen LogP) is 4.04. The minimum Gasteiger partial charge on any atom is -0.454 e. The van der Waals surface area contributed by atoms with E-state index in [9.17, 15) is 5.11 Å². The third-order valence-electron chi connectivity index (χ3n) is 7.93. The Kier molecular flexibility index (Phi) is 4.35. The predicted molar refractivity (Wildman–Crippen MR) is 120 cm³/mol. The first-order chi connectivity index (χ1) is 15.5. The molecule has 1 atom stereocenters. The van der Waals surface area contributed by atoms with Crippen LogP contribution in [0.15, 0.2) is 36.4 Å². The van der Waals surface area contributed by atoms with E-state index in [2.05, 4.69) is 4.98 Å². The van der Waals surface area contributed by atoms with E-state index in [0.29, 0.717) is 0 Å². The zero-order chi connectivity index (χ0) is 21.9. The molecule has 166 valence electrons. The van der Waals surface area contributed by atoms with Crippen molar-refractivity contribution in [2.75, 3.05) is 6.79 Å². The van der Waals surface area contributed by atoms with Gasteiger partial charge in [0.05, 0.1) is 11.4 Å². The van der Waals surface area contributed by atoms with Gasteiger partial charge in [0, 0.05) is 22.1 Å². The molecule has 1 aliphatic heterocycles. The molecular formula is C25H28N4O3. The molecule has 0 amide bonds. The van der Waals surface area contributed by atoms with Crippen LogP contribution in [0.3, 0.4) is 0 Å². The van der Waals surface area contributed by atoms with Gasteiger partial charge >= 0.3 is 0 Å². The summed E-state index contributed by atoms with van der Waals surface area (Å²) in [6.07, 6.45) is 5.00. The number of nitrogens with one attached hydrogen (secondary N) is 1. The zero-order valence-corrected chi connectivity index (χ0v) is 18.2. The normalized spacial score (nSPS) is 27.0. The maximum atomic E-state index is 10.2. The van der Waals surface area contributed by atoms with Gasteiger partial charge in [-0.25, -0.2) is 4.98 Å². The Bertz CT molecular complexity index is 1160. The lowest BCUT2D eigenvalue weighted by Gasteiger charge is -2.53. The highest BCUT2D eigenvalue weighted by Gasteiger charge is 2.53. The van der Waals surface area contributed by atoms with Gasteiger partial charge < -0.3 is 25.3 Å². The topological polar surface area (TPSA) is 106 Å². The first kappa shape index (κ1) is 19.8. The van der Waals surface area contributed by atoms with Gasteiger partial charge in [-0.05, 0) is 75.8 Å². The SMILES string of the molecule is Cc1cccc(-c2nc(C34CCC(C(N)O)(CC3)CC4)[nH]c2-c2ccc3c(c2)OCO3)n1. The Morgan fingerprint density at radius 3 is 2.47 bits per heavy atom. The Balaban J connectivity index is 1.45. The molecule has 7 rings (SSSR count). The van der Waals surface area contributed by atoms with Crippen molar-refractivity contribution in [3.63, 3.8) is 0 Å². The first-order valence-electron chi connectivity index (χ1n) is 11.4. The molecule has 0 saturated heterocycles. The van der Waals surface area contributed by atoms with Gasteiger partial charge in [0.1, 0.15) is 17.7 Å². The van der Waals surface area contributed by atoms with E-state index >= 15 is 0 Å². The fourth-order valence-electron chi connectivity index (χ4n) is 5.76. The Morgan fingerprint density at radius 1 is 1.00 bits per heavy atom. The number of aliphatic hydroxyl groups excluding tert-OH is 1. The summed E-state index contributed by atoms with van der Waals surface area (Å²) in [6, 6.07) is 12.0. The number of H-pyrrole nitrogens is 1. The second-order valence-electron chi connectivity index (χ2n) is 9.63. The number of hydrogen-bond acceptors (Lipinski definition) is 6. The van der Waals surface area contributed by atoms with E-state index in [1.54, 1.807) is 0 Å². The van der Waals surface area contributed by atoms with Gasteiger partial charge in [-0.3, -0.25) is 4.98 Å². The van der Waals surface area contributed by atoms with Crippen LogP contribution >= 0.6 is 0 Å². The van der Waals surface area contributed by atoms with Gasteiger partial charge in [-0.2, -0.15) is 0 Å². The van der Waals surface area contributed by atoms with Gasteiger partial charge in [0.15, 0.2) is 11.5 Å². The zero-order valence-electron chi connectivity index (χ0n) is 18.2. The molecule has 7 nitrogen and oxygen atoms in total. The van der Waals surface area contributed by atoms with E-state index in [1.165, 1.54) is 0 Å². The van der Waals surface area contributed by atoms with E-state index in [0.717, 1.165) is 84.2 Å². The van der Waals surface area contributed by atoms with E-state index in [4.69, 9.17) is 25.2 Å². The van der Waals surface area contributed by atoms with Gasteiger partial charge in [-0.1, -0.05) is 6.07 Å². The summed E-state index contributed by atoms with van der Waals surface area (Å²) in [7, 11) is 0. The molecule has 1 aromatic carbocycles. The lowest BCUT2D eigenvalue weighted by molar-refractivity contribution is -0.0627. The minimum atomic E-state index is -0.742. The fraction of sp³-hybridized carbons (Fsp3) is 0.440. The van der Waals surface area contributed by atoms with Crippen molar-refractivity contribution >= 4 is 0 Å². The van der Waals surface area contributed by atoms with Crippen LogP contribution in [0.2, 0.25) is 0 Å². The highest BCUT2D eigenvalue weighted by molar-refractivity contribution is 5.78. The molecule has 1 unspecified atom stereocenters. The summed E-state index contributed by atoms with van der Waals surface area (Å²) in [5.41, 5.74) is 10.4. The number of aliphatic hydroxyl groups is 1. The summed E-state index contributed by atoms with van der Waals surface area (Å²) in [5.74, 6) is 2.53. The number of aromatic nitrogens is 3. The molecule has 2 aromatic heterocycles. The van der Waals surface area contributed by atoms with Crippen molar-refractivity contribution in [1.82, 2.24) is 15.0 Å². The van der Waals surface area contributed by atoms with Crippen LogP contribution < -0.4 is 15.2 Å². The number of nitrogens with two attached hydrogens (primary N) is 1. The van der Waals surface area contributed by atoms with Crippen LogP contribution in [-0.2, 0) is 5.41 Å². The quantitative estimate of drug-likeness (QED) is 0.537. The molecule has 0 spiro atoms. The highest BCUT2D eigenvalue weighted by Crippen LogP contribution is 2.58. The number of rotatable bonds is 4. The third-order valence-corrected chi connectivity index (χ3v) is 7.93. The second kappa shape index (κ2) is 7.05. The number of pyridine rings is 1. The lowest BCUT2D eigenvalue weighted by atomic mass is 9.53. The minimum absolute atomic E-state index is 0.0101. The van der Waals surface area contributed by atoms with Gasteiger partial charge in [0.25, 0.3) is 0 Å². The van der Waals surface area contributed by atoms with Crippen molar-refractivity contribution in [2.45, 2.75) is 57.1 Å². The summed E-state index contributed by atoms with van der Waals surface area (Å²) < 4.78 is 11.1. The Labute approximate surface area is 187 Å². The molecule has 3 aliphatic carbocycles. The number of imidazole rings is 1. The molecule has 32 heavy (non-hydrogen) atoms. The van der Waals surface area contributed by atoms with E-state index in [-0.39, 0.29) is 17.6 Å². The maximum Gasteiger partial charge on any atom is 0.231 e. The summed E-state index contributed by atoms with van der Waals surface area (Å²) in [4.78, 5) is 13.6. The molecule has 3 aromatic rings. The van der Waals surface area contributed by atoms with Gasteiger partial charge in [0.2, 0.25) is 6.79 Å². The number of aromatic amines is 1. The Hall–Kier alpha value is -2.90. The first-order valence-corrected chi connectivity index (χ1v) is 11.4. The second-order valence-corrected chi connectivity index (χ2v) is 9.63. The fourth-order valence-corrected chi connectivity index (χ4v) is 5.76. The van der Waals surface area contributed by atoms with Crippen LogP contribution in [0, 0.1) is 12.3 Å². The number of nitrogens with zero attached hydrogens (tertiary/aromatic N) is 2. The summed E-state index contributed by atoms with van der Waals surface area (Å²) >= 11 is 0. The highest BCUT2D eigenvalue weighted by atomic mass is 16.7. The third kappa shape index (κ3) is 2.95. The molecule has 4 N–H and O–H groups in total. The molecule has 3 fully saturated rings. The molecule has 7 heteroatoms. The number of fused-ring (bicyclic) bond motifs is 4. The number of benzene rings is 1. The van der Waals surface area contributed by atoms with E-state index in [1.807, 2.05) is 43.3 Å². The van der Waals surface area contributed by atoms with Gasteiger partial charge in [-0.15, -0.1) is 0 Å². The number of ether oxygens (including phenoxy) is 2. The van der Waals surface area contributed by atoms with Crippen LogP contribution in [0.25, 0.3) is 22.6 Å². The van der Waals surface area contributed by atoms with E-state index < -0.39 is 6.23 Å². The van der Waals surface area contributed by atoms with Crippen LogP contribution in [0.5, 0.6) is 11.5 Å². The van der Waals surface area contributed by atoms with Crippen LogP contribution in [-0.4, -0.2) is 33.1 Å². The molecule has 4 aliphatic rings. The molecule has 3 heterocycles. The molecular weight excluding hydrogens is 404 g/mol. The summed E-state index contributed by atoms with van der Waals surface area (Å²) in [6.45, 7) is 2.24. The largest absolute Gasteiger partial charge is 0.454 e. The molecule has 3 saturated carbocycles. The number of hydrogen-bond donors (Lipinski definition) is 3. The van der Waals surface area contributed by atoms with Crippen molar-refractivity contribution < 1.29 is 14.6 Å². The maximum absolute atomic E-state index is 10.2. The Morgan fingerprint density at radius 2 is 1.75 bits per heavy atom. The molecule has 2 bridgehead atoms. The average Bonchev–Trinajstić information content (AvgIpc) is 3.47. The van der Waals surface area contributed by atoms with Crippen molar-refractivity contribution in [1.29, 1.82) is 0 Å². The molecule has 0 radical (unpaired) electrons. The van der Waals surface area contributed by atoms with Crippen molar-refractivity contribution in [2.24, 2.45) is 11.1 Å². The standard InChI is InChI=1S/C25H28N4O3/c1-15-3-2-4-17(27-15)21-20(16-5-6-18-19(13-16)32-14-31-18)28-23(29-21)25-10-7-24(8-11-25,9-12-25)22(26)30/h2-6,13,22,30H,7-12,14,26H2,1H3,(H,28,29). The summed E-state index contributed by atoms with van der Waals surface area (Å²) in [5, 5.41) is 10.2. The number of aryl methyl sites for hydroxylation is 1.